The first-order chi connectivity index (χ1) is 6.28. The van der Waals surface area contributed by atoms with Crippen LogP contribution in [-0.2, 0) is 0 Å². The van der Waals surface area contributed by atoms with Crippen LogP contribution in [0.3, 0.4) is 0 Å². The van der Waals surface area contributed by atoms with Gasteiger partial charge in [0.15, 0.2) is 0 Å². The lowest BCUT2D eigenvalue weighted by Crippen LogP contribution is -2.08. The van der Waals surface area contributed by atoms with E-state index in [1.54, 1.807) is 0 Å². The summed E-state index contributed by atoms with van der Waals surface area (Å²) >= 11 is 4.32. The van der Waals surface area contributed by atoms with E-state index in [2.05, 4.69) is 33.4 Å². The van der Waals surface area contributed by atoms with Crippen LogP contribution in [0, 0.1) is 11.8 Å². The Balaban J connectivity index is 3.73. The van der Waals surface area contributed by atoms with Crippen LogP contribution >= 0.6 is 12.6 Å². The molecular weight excluding hydrogens is 176 g/mol. The number of rotatable bonds is 8. The maximum atomic E-state index is 4.32. The highest BCUT2D eigenvalue weighted by Crippen LogP contribution is 2.24. The second-order valence-electron chi connectivity index (χ2n) is 4.09. The highest BCUT2D eigenvalue weighted by Gasteiger charge is 2.12. The van der Waals surface area contributed by atoms with Gasteiger partial charge in [-0.15, -0.1) is 0 Å². The normalized spacial score (nSPS) is 15.7. The molecule has 0 aliphatic carbocycles. The van der Waals surface area contributed by atoms with Crippen LogP contribution in [0.1, 0.15) is 59.3 Å². The second kappa shape index (κ2) is 8.93. The van der Waals surface area contributed by atoms with E-state index in [0.29, 0.717) is 0 Å². The van der Waals surface area contributed by atoms with Crippen molar-refractivity contribution in [2.24, 2.45) is 11.8 Å². The smallest absolute Gasteiger partial charge is 0.00953 e. The Morgan fingerprint density at radius 3 is 1.85 bits per heavy atom. The molecule has 0 radical (unpaired) electrons. The molecule has 0 heterocycles. The van der Waals surface area contributed by atoms with Crippen molar-refractivity contribution < 1.29 is 0 Å². The van der Waals surface area contributed by atoms with Crippen LogP contribution in [0.4, 0.5) is 0 Å². The van der Waals surface area contributed by atoms with Gasteiger partial charge in [-0.05, 0) is 30.4 Å². The van der Waals surface area contributed by atoms with Crippen LogP contribution in [0.2, 0.25) is 0 Å². The van der Waals surface area contributed by atoms with Crippen molar-refractivity contribution in [2.75, 3.05) is 5.75 Å². The zero-order valence-electron chi connectivity index (χ0n) is 9.55. The first kappa shape index (κ1) is 13.4. The summed E-state index contributed by atoms with van der Waals surface area (Å²) in [5.41, 5.74) is 0. The van der Waals surface area contributed by atoms with Gasteiger partial charge in [0.1, 0.15) is 0 Å². The molecule has 0 saturated carbocycles. The summed E-state index contributed by atoms with van der Waals surface area (Å²) in [4.78, 5) is 0. The Morgan fingerprint density at radius 1 is 0.923 bits per heavy atom. The lowest BCUT2D eigenvalue weighted by atomic mass is 9.86. The van der Waals surface area contributed by atoms with Gasteiger partial charge in [0.2, 0.25) is 0 Å². The minimum Gasteiger partial charge on any atom is -0.179 e. The van der Waals surface area contributed by atoms with Crippen molar-refractivity contribution in [3.63, 3.8) is 0 Å². The van der Waals surface area contributed by atoms with Crippen molar-refractivity contribution in [3.05, 3.63) is 0 Å². The molecule has 0 rings (SSSR count). The molecule has 0 aliphatic heterocycles. The molecule has 0 nitrogen and oxygen atoms in total. The molecule has 0 amide bonds. The maximum Gasteiger partial charge on any atom is -0.00953 e. The maximum absolute atomic E-state index is 4.32. The van der Waals surface area contributed by atoms with Gasteiger partial charge in [0.05, 0.1) is 0 Å². The van der Waals surface area contributed by atoms with E-state index in [1.807, 2.05) is 0 Å². The minimum absolute atomic E-state index is 0.925. The van der Waals surface area contributed by atoms with Crippen LogP contribution < -0.4 is 0 Å². The van der Waals surface area contributed by atoms with Gasteiger partial charge in [0.25, 0.3) is 0 Å². The number of hydrogen-bond acceptors (Lipinski definition) is 1. The zero-order chi connectivity index (χ0) is 10.1. The summed E-state index contributed by atoms with van der Waals surface area (Å²) in [7, 11) is 0. The molecule has 2 atom stereocenters. The molecule has 0 saturated heterocycles. The van der Waals surface area contributed by atoms with Crippen molar-refractivity contribution >= 4 is 12.6 Å². The SMILES string of the molecule is CCCC(CC)CC(CC)CCS. The zero-order valence-corrected chi connectivity index (χ0v) is 10.4. The third kappa shape index (κ3) is 6.42. The summed E-state index contributed by atoms with van der Waals surface area (Å²) in [5, 5.41) is 0. The van der Waals surface area contributed by atoms with Crippen LogP contribution in [-0.4, -0.2) is 5.75 Å². The van der Waals surface area contributed by atoms with E-state index in [9.17, 15) is 0 Å². The first-order valence-electron chi connectivity index (χ1n) is 5.89. The van der Waals surface area contributed by atoms with Gasteiger partial charge in [-0.1, -0.05) is 46.5 Å². The fraction of sp³-hybridized carbons (Fsp3) is 1.00. The standard InChI is InChI=1S/C12H26S/c1-4-7-11(5-2)10-12(6-3)8-9-13/h11-13H,4-10H2,1-3H3. The molecule has 2 unspecified atom stereocenters. The molecule has 0 spiro atoms. The van der Waals surface area contributed by atoms with Gasteiger partial charge in [0, 0.05) is 0 Å². The molecule has 0 N–H and O–H groups in total. The number of hydrogen-bond donors (Lipinski definition) is 1. The van der Waals surface area contributed by atoms with Gasteiger partial charge in [-0.2, -0.15) is 12.6 Å². The highest BCUT2D eigenvalue weighted by molar-refractivity contribution is 7.80. The molecule has 0 aliphatic rings. The average molecular weight is 202 g/mol. The second-order valence-corrected chi connectivity index (χ2v) is 4.53. The average Bonchev–Trinajstić information content (AvgIpc) is 2.16. The number of thiol groups is 1. The van der Waals surface area contributed by atoms with Crippen LogP contribution in [0.25, 0.3) is 0 Å². The summed E-state index contributed by atoms with van der Waals surface area (Å²) in [6, 6.07) is 0. The molecule has 13 heavy (non-hydrogen) atoms. The monoisotopic (exact) mass is 202 g/mol. The van der Waals surface area contributed by atoms with E-state index in [1.165, 1.54) is 38.5 Å². The first-order valence-corrected chi connectivity index (χ1v) is 6.52. The quantitative estimate of drug-likeness (QED) is 0.549. The van der Waals surface area contributed by atoms with Gasteiger partial charge < -0.3 is 0 Å². The van der Waals surface area contributed by atoms with E-state index in [4.69, 9.17) is 0 Å². The Bertz CT molecular complexity index is 89.3. The summed E-state index contributed by atoms with van der Waals surface area (Å²) in [5.74, 6) is 2.95. The van der Waals surface area contributed by atoms with Crippen molar-refractivity contribution in [1.82, 2.24) is 0 Å². The Hall–Kier alpha value is 0.350. The predicted octanol–water partition coefficient (Wildman–Crippen LogP) is 4.55. The lowest BCUT2D eigenvalue weighted by molar-refractivity contribution is 0.329. The molecule has 80 valence electrons. The van der Waals surface area contributed by atoms with Crippen LogP contribution in [0.5, 0.6) is 0 Å². The predicted molar refractivity (Wildman–Crippen MR) is 65.6 cm³/mol. The fourth-order valence-corrected chi connectivity index (χ4v) is 2.40. The van der Waals surface area contributed by atoms with E-state index < -0.39 is 0 Å². The molecule has 0 aromatic carbocycles. The molecule has 1 heteroatoms. The molecular formula is C12H26S. The molecule has 0 fully saturated rings. The van der Waals surface area contributed by atoms with Crippen molar-refractivity contribution in [1.29, 1.82) is 0 Å². The summed E-state index contributed by atoms with van der Waals surface area (Å²) in [6.07, 6.45) is 8.19. The minimum atomic E-state index is 0.925. The highest BCUT2D eigenvalue weighted by atomic mass is 32.1. The third-order valence-corrected chi connectivity index (χ3v) is 3.31. The lowest BCUT2D eigenvalue weighted by Gasteiger charge is -2.20. The Morgan fingerprint density at radius 2 is 1.46 bits per heavy atom. The Kier molecular flexibility index (Phi) is 9.17. The Labute approximate surface area is 89.9 Å². The van der Waals surface area contributed by atoms with E-state index in [0.717, 1.165) is 17.6 Å². The molecule has 0 aromatic heterocycles. The van der Waals surface area contributed by atoms with E-state index >= 15 is 0 Å². The largest absolute Gasteiger partial charge is 0.179 e. The summed E-state index contributed by atoms with van der Waals surface area (Å²) in [6.45, 7) is 6.93. The summed E-state index contributed by atoms with van der Waals surface area (Å²) < 4.78 is 0. The fourth-order valence-electron chi connectivity index (χ4n) is 2.04. The van der Waals surface area contributed by atoms with Gasteiger partial charge >= 0.3 is 0 Å². The van der Waals surface area contributed by atoms with Crippen molar-refractivity contribution in [3.8, 4) is 0 Å². The van der Waals surface area contributed by atoms with Crippen LogP contribution in [0.15, 0.2) is 0 Å². The third-order valence-electron chi connectivity index (χ3n) is 3.06. The topological polar surface area (TPSA) is 0 Å². The molecule has 0 bridgehead atoms. The molecule has 0 aromatic rings. The van der Waals surface area contributed by atoms with E-state index in [-0.39, 0.29) is 0 Å². The van der Waals surface area contributed by atoms with Gasteiger partial charge in [-0.25, -0.2) is 0 Å². The van der Waals surface area contributed by atoms with Crippen molar-refractivity contribution in [2.45, 2.75) is 59.3 Å². The van der Waals surface area contributed by atoms with Gasteiger partial charge in [-0.3, -0.25) is 0 Å².